The molecule has 0 radical (unpaired) electrons. The third-order valence-electron chi connectivity index (χ3n) is 3.72. The molecule has 0 spiro atoms. The molecule has 106 valence electrons. The Balaban J connectivity index is 1.96. The molecule has 2 heteroatoms. The Morgan fingerprint density at radius 3 is 2.30 bits per heavy atom. The molecule has 1 unspecified atom stereocenters. The average molecular weight is 332 g/mol. The normalized spacial score (nSPS) is 12.4. The van der Waals surface area contributed by atoms with Gasteiger partial charge in [-0.15, -0.1) is 0 Å². The molecule has 0 fully saturated rings. The van der Waals surface area contributed by atoms with Crippen molar-refractivity contribution in [2.45, 2.75) is 39.8 Å². The number of aryl methyl sites for hydroxylation is 2. The average Bonchev–Trinajstić information content (AvgIpc) is 2.48. The molecule has 0 saturated carbocycles. The zero-order chi connectivity index (χ0) is 14.5. The number of nitrogens with one attached hydrogen (secondary N) is 1. The maximum absolute atomic E-state index is 3.58. The van der Waals surface area contributed by atoms with Crippen LogP contribution in [0.4, 0.5) is 0 Å². The Morgan fingerprint density at radius 1 is 1.05 bits per heavy atom. The number of rotatable bonds is 5. The fourth-order valence-electron chi connectivity index (χ4n) is 2.25. The van der Waals surface area contributed by atoms with E-state index in [-0.39, 0.29) is 0 Å². The lowest BCUT2D eigenvalue weighted by Crippen LogP contribution is -2.18. The Labute approximate surface area is 130 Å². The van der Waals surface area contributed by atoms with Crippen LogP contribution in [0.15, 0.2) is 46.9 Å². The topological polar surface area (TPSA) is 12.0 Å². The largest absolute Gasteiger partial charge is 0.306 e. The van der Waals surface area contributed by atoms with Gasteiger partial charge in [0, 0.05) is 17.1 Å². The molecule has 2 rings (SSSR count). The minimum Gasteiger partial charge on any atom is -0.306 e. The van der Waals surface area contributed by atoms with Crippen molar-refractivity contribution in [2.24, 2.45) is 0 Å². The Bertz CT molecular complexity index is 560. The third kappa shape index (κ3) is 3.94. The van der Waals surface area contributed by atoms with Crippen LogP contribution in [0.25, 0.3) is 0 Å². The fraction of sp³-hybridized carbons (Fsp3) is 0.333. The summed E-state index contributed by atoms with van der Waals surface area (Å²) in [5, 5.41) is 3.58. The molecule has 1 atom stereocenters. The summed E-state index contributed by atoms with van der Waals surface area (Å²) in [6.07, 6.45) is 1.10. The molecule has 20 heavy (non-hydrogen) atoms. The van der Waals surface area contributed by atoms with Crippen molar-refractivity contribution in [3.05, 3.63) is 69.2 Å². The van der Waals surface area contributed by atoms with Gasteiger partial charge < -0.3 is 5.32 Å². The molecule has 2 aromatic carbocycles. The highest BCUT2D eigenvalue weighted by Crippen LogP contribution is 2.18. The van der Waals surface area contributed by atoms with Crippen molar-refractivity contribution in [3.63, 3.8) is 0 Å². The Hall–Kier alpha value is -1.12. The second-order valence-electron chi connectivity index (χ2n) is 5.28. The summed E-state index contributed by atoms with van der Waals surface area (Å²) in [6, 6.07) is 15.8. The quantitative estimate of drug-likeness (QED) is 0.796. The molecule has 0 heterocycles. The summed E-state index contributed by atoms with van der Waals surface area (Å²) < 4.78 is 1.17. The maximum Gasteiger partial charge on any atom is 0.0294 e. The lowest BCUT2D eigenvalue weighted by Gasteiger charge is -2.15. The van der Waals surface area contributed by atoms with E-state index in [0.717, 1.165) is 13.0 Å². The third-order valence-corrected chi connectivity index (χ3v) is 4.61. The van der Waals surface area contributed by atoms with Crippen molar-refractivity contribution in [3.8, 4) is 0 Å². The number of hydrogen-bond donors (Lipinski definition) is 1. The van der Waals surface area contributed by atoms with Crippen LogP contribution in [-0.2, 0) is 13.0 Å². The Morgan fingerprint density at radius 2 is 1.70 bits per heavy atom. The van der Waals surface area contributed by atoms with Crippen molar-refractivity contribution < 1.29 is 0 Å². The summed E-state index contributed by atoms with van der Waals surface area (Å²) in [4.78, 5) is 0. The highest BCUT2D eigenvalue weighted by molar-refractivity contribution is 9.10. The molecule has 0 amide bonds. The second kappa shape index (κ2) is 7.05. The minimum absolute atomic E-state index is 0.366. The van der Waals surface area contributed by atoms with Crippen molar-refractivity contribution in [1.29, 1.82) is 0 Å². The zero-order valence-electron chi connectivity index (χ0n) is 12.4. The first-order valence-corrected chi connectivity index (χ1v) is 7.96. The predicted octanol–water partition coefficient (Wildman–Crippen LogP) is 5.17. The van der Waals surface area contributed by atoms with E-state index in [0.29, 0.717) is 6.04 Å². The minimum atomic E-state index is 0.366. The van der Waals surface area contributed by atoms with Crippen LogP contribution >= 0.6 is 15.9 Å². The second-order valence-corrected chi connectivity index (χ2v) is 6.14. The highest BCUT2D eigenvalue weighted by Gasteiger charge is 2.05. The van der Waals surface area contributed by atoms with Crippen LogP contribution in [0.5, 0.6) is 0 Å². The van der Waals surface area contributed by atoms with Crippen LogP contribution in [0.2, 0.25) is 0 Å². The van der Waals surface area contributed by atoms with Gasteiger partial charge in [-0.1, -0.05) is 59.3 Å². The van der Waals surface area contributed by atoms with E-state index < -0.39 is 0 Å². The molecule has 2 aromatic rings. The first-order valence-electron chi connectivity index (χ1n) is 7.17. The van der Waals surface area contributed by atoms with E-state index in [1.165, 1.54) is 26.7 Å². The summed E-state index contributed by atoms with van der Waals surface area (Å²) in [6.45, 7) is 7.42. The standard InChI is InChI=1S/C18H22BrN/c1-4-15-5-8-17(9-6-15)14(3)20-12-16-7-10-18(19)13(2)11-16/h5-11,14,20H,4,12H2,1-3H3. The van der Waals surface area contributed by atoms with Crippen LogP contribution in [0, 0.1) is 6.92 Å². The van der Waals surface area contributed by atoms with E-state index in [2.05, 4.69) is 84.5 Å². The molecule has 0 aliphatic rings. The van der Waals surface area contributed by atoms with Gasteiger partial charge in [-0.2, -0.15) is 0 Å². The lowest BCUT2D eigenvalue weighted by atomic mass is 10.0. The number of benzene rings is 2. The van der Waals surface area contributed by atoms with Gasteiger partial charge >= 0.3 is 0 Å². The SMILES string of the molecule is CCc1ccc(C(C)NCc2ccc(Br)c(C)c2)cc1. The fourth-order valence-corrected chi connectivity index (χ4v) is 2.49. The zero-order valence-corrected chi connectivity index (χ0v) is 14.0. The number of halogens is 1. The van der Waals surface area contributed by atoms with Crippen molar-refractivity contribution in [2.75, 3.05) is 0 Å². The molecule has 1 nitrogen and oxygen atoms in total. The van der Waals surface area contributed by atoms with Crippen LogP contribution in [0.1, 0.15) is 42.1 Å². The van der Waals surface area contributed by atoms with Crippen LogP contribution in [-0.4, -0.2) is 0 Å². The van der Waals surface area contributed by atoms with E-state index in [1.54, 1.807) is 0 Å². The summed E-state index contributed by atoms with van der Waals surface area (Å²) in [5.74, 6) is 0. The van der Waals surface area contributed by atoms with Gasteiger partial charge in [-0.05, 0) is 48.6 Å². The van der Waals surface area contributed by atoms with Gasteiger partial charge in [0.15, 0.2) is 0 Å². The smallest absolute Gasteiger partial charge is 0.0294 e. The van der Waals surface area contributed by atoms with Crippen molar-refractivity contribution in [1.82, 2.24) is 5.32 Å². The summed E-state index contributed by atoms with van der Waals surface area (Å²) >= 11 is 3.54. The van der Waals surface area contributed by atoms with Crippen LogP contribution < -0.4 is 5.32 Å². The number of hydrogen-bond acceptors (Lipinski definition) is 1. The molecule has 0 aromatic heterocycles. The maximum atomic E-state index is 3.58. The van der Waals surface area contributed by atoms with Crippen molar-refractivity contribution >= 4 is 15.9 Å². The van der Waals surface area contributed by atoms with Gasteiger partial charge in [0.1, 0.15) is 0 Å². The van der Waals surface area contributed by atoms with Gasteiger partial charge in [0.05, 0.1) is 0 Å². The van der Waals surface area contributed by atoms with Gasteiger partial charge in [0.2, 0.25) is 0 Å². The Kier molecular flexibility index (Phi) is 5.38. The van der Waals surface area contributed by atoms with Gasteiger partial charge in [-0.3, -0.25) is 0 Å². The monoisotopic (exact) mass is 331 g/mol. The van der Waals surface area contributed by atoms with E-state index in [1.807, 2.05) is 0 Å². The van der Waals surface area contributed by atoms with Crippen LogP contribution in [0.3, 0.4) is 0 Å². The summed E-state index contributed by atoms with van der Waals surface area (Å²) in [5.41, 5.74) is 5.34. The molecule has 0 saturated heterocycles. The first-order chi connectivity index (χ1) is 9.60. The van der Waals surface area contributed by atoms with E-state index >= 15 is 0 Å². The first kappa shape index (κ1) is 15.3. The molecule has 1 N–H and O–H groups in total. The van der Waals surface area contributed by atoms with E-state index in [9.17, 15) is 0 Å². The van der Waals surface area contributed by atoms with Gasteiger partial charge in [0.25, 0.3) is 0 Å². The molecule has 0 aliphatic heterocycles. The lowest BCUT2D eigenvalue weighted by molar-refractivity contribution is 0.574. The summed E-state index contributed by atoms with van der Waals surface area (Å²) in [7, 11) is 0. The predicted molar refractivity (Wildman–Crippen MR) is 90.0 cm³/mol. The van der Waals surface area contributed by atoms with E-state index in [4.69, 9.17) is 0 Å². The molecular weight excluding hydrogens is 310 g/mol. The highest BCUT2D eigenvalue weighted by atomic mass is 79.9. The molecule has 0 bridgehead atoms. The molecular formula is C18H22BrN. The van der Waals surface area contributed by atoms with Gasteiger partial charge in [-0.25, -0.2) is 0 Å². The molecule has 0 aliphatic carbocycles.